The van der Waals surface area contributed by atoms with Crippen molar-refractivity contribution in [1.29, 1.82) is 0 Å². The fourth-order valence-electron chi connectivity index (χ4n) is 4.83. The van der Waals surface area contributed by atoms with Crippen molar-refractivity contribution in [3.8, 4) is 0 Å². The molecule has 4 nitrogen and oxygen atoms in total. The minimum Gasteiger partial charge on any atom is -0.375 e. The number of rotatable bonds is 5. The summed E-state index contributed by atoms with van der Waals surface area (Å²) in [6.07, 6.45) is 4.00. The highest BCUT2D eigenvalue weighted by atomic mass is 35.5. The van der Waals surface area contributed by atoms with Crippen LogP contribution in [0.3, 0.4) is 0 Å². The number of nitrogens with one attached hydrogen (secondary N) is 1. The molecule has 1 aliphatic heterocycles. The van der Waals surface area contributed by atoms with Crippen LogP contribution in [0.5, 0.6) is 0 Å². The SMILES string of the molecule is O=C(NC[C@H]1C2CN(Cl)C[C@@H]21)C(O)(c1ccccc1)C1CCCC1. The molecule has 5 heteroatoms. The number of hydrogen-bond acceptors (Lipinski definition) is 3. The number of amides is 1. The molecule has 3 fully saturated rings. The van der Waals surface area contributed by atoms with E-state index in [0.29, 0.717) is 24.3 Å². The third-order valence-electron chi connectivity index (χ3n) is 6.33. The lowest BCUT2D eigenvalue weighted by Gasteiger charge is -2.33. The van der Waals surface area contributed by atoms with Crippen molar-refractivity contribution in [1.82, 2.24) is 9.74 Å². The van der Waals surface area contributed by atoms with Crippen LogP contribution in [0.4, 0.5) is 0 Å². The molecule has 0 aromatic heterocycles. The number of hydrogen-bond donors (Lipinski definition) is 2. The van der Waals surface area contributed by atoms with E-state index in [9.17, 15) is 9.90 Å². The van der Waals surface area contributed by atoms with Crippen LogP contribution in [0.1, 0.15) is 31.2 Å². The Labute approximate surface area is 148 Å². The van der Waals surface area contributed by atoms with E-state index in [-0.39, 0.29) is 11.8 Å². The number of aliphatic hydroxyl groups is 1. The molecule has 0 bridgehead atoms. The van der Waals surface area contributed by atoms with Gasteiger partial charge in [0.1, 0.15) is 0 Å². The summed E-state index contributed by atoms with van der Waals surface area (Å²) < 4.78 is 1.84. The van der Waals surface area contributed by atoms with Crippen LogP contribution in [-0.2, 0) is 10.4 Å². The highest BCUT2D eigenvalue weighted by Gasteiger charge is 2.55. The van der Waals surface area contributed by atoms with Gasteiger partial charge in [-0.25, -0.2) is 4.42 Å². The summed E-state index contributed by atoms with van der Waals surface area (Å²) in [7, 11) is 0. The van der Waals surface area contributed by atoms with Gasteiger partial charge in [0.15, 0.2) is 5.60 Å². The second kappa shape index (κ2) is 6.32. The van der Waals surface area contributed by atoms with E-state index in [1.165, 1.54) is 0 Å². The average molecular weight is 349 g/mol. The molecule has 1 heterocycles. The fraction of sp³-hybridized carbons (Fsp3) is 0.632. The van der Waals surface area contributed by atoms with E-state index in [2.05, 4.69) is 5.32 Å². The zero-order valence-electron chi connectivity index (χ0n) is 13.8. The average Bonchev–Trinajstić information content (AvgIpc) is 3.03. The molecule has 2 N–H and O–H groups in total. The second-order valence-corrected chi connectivity index (χ2v) is 8.12. The van der Waals surface area contributed by atoms with E-state index in [0.717, 1.165) is 44.3 Å². The molecule has 1 saturated heterocycles. The van der Waals surface area contributed by atoms with Crippen molar-refractivity contribution >= 4 is 17.7 Å². The second-order valence-electron chi connectivity index (χ2n) is 7.64. The van der Waals surface area contributed by atoms with Crippen molar-refractivity contribution < 1.29 is 9.90 Å². The fourth-order valence-corrected chi connectivity index (χ4v) is 5.15. The molecule has 3 aliphatic rings. The normalized spacial score (nSPS) is 32.3. The van der Waals surface area contributed by atoms with Gasteiger partial charge in [-0.1, -0.05) is 43.2 Å². The Hall–Kier alpha value is -1.10. The first kappa shape index (κ1) is 16.4. The van der Waals surface area contributed by atoms with Crippen LogP contribution in [0.2, 0.25) is 0 Å². The van der Waals surface area contributed by atoms with Gasteiger partial charge in [0, 0.05) is 25.6 Å². The Morgan fingerprint density at radius 2 is 1.83 bits per heavy atom. The molecule has 0 radical (unpaired) electrons. The zero-order valence-corrected chi connectivity index (χ0v) is 14.6. The minimum atomic E-state index is -1.40. The van der Waals surface area contributed by atoms with Crippen LogP contribution >= 0.6 is 11.8 Å². The zero-order chi connectivity index (χ0) is 16.7. The van der Waals surface area contributed by atoms with Crippen LogP contribution in [0, 0.1) is 23.7 Å². The monoisotopic (exact) mass is 348 g/mol. The lowest BCUT2D eigenvalue weighted by molar-refractivity contribution is -0.147. The highest BCUT2D eigenvalue weighted by molar-refractivity contribution is 6.13. The summed E-state index contributed by atoms with van der Waals surface area (Å²) in [6, 6.07) is 9.44. The number of fused-ring (bicyclic) bond motifs is 1. The first-order valence-corrected chi connectivity index (χ1v) is 9.41. The summed E-state index contributed by atoms with van der Waals surface area (Å²) in [5.74, 6) is 1.52. The molecule has 2 saturated carbocycles. The molecule has 1 aromatic rings. The number of piperidine rings is 1. The van der Waals surface area contributed by atoms with Gasteiger partial charge in [-0.2, -0.15) is 0 Å². The van der Waals surface area contributed by atoms with E-state index >= 15 is 0 Å². The lowest BCUT2D eigenvalue weighted by Crippen LogP contribution is -2.49. The van der Waals surface area contributed by atoms with E-state index in [4.69, 9.17) is 11.8 Å². The maximum absolute atomic E-state index is 13.0. The Kier molecular flexibility index (Phi) is 4.31. The molecule has 24 heavy (non-hydrogen) atoms. The van der Waals surface area contributed by atoms with Gasteiger partial charge >= 0.3 is 0 Å². The summed E-state index contributed by atoms with van der Waals surface area (Å²) >= 11 is 6.01. The molecule has 2 aliphatic carbocycles. The third-order valence-corrected chi connectivity index (χ3v) is 6.61. The molecular weight excluding hydrogens is 324 g/mol. The van der Waals surface area contributed by atoms with Gasteiger partial charge in [-0.3, -0.25) is 4.79 Å². The molecule has 130 valence electrons. The van der Waals surface area contributed by atoms with Crippen LogP contribution in [0.15, 0.2) is 30.3 Å². The minimum absolute atomic E-state index is 0.0111. The molecule has 4 rings (SSSR count). The predicted molar refractivity (Wildman–Crippen MR) is 93.2 cm³/mol. The Bertz CT molecular complexity index is 593. The van der Waals surface area contributed by atoms with Crippen molar-refractivity contribution in [2.24, 2.45) is 23.7 Å². The Morgan fingerprint density at radius 1 is 1.21 bits per heavy atom. The van der Waals surface area contributed by atoms with Gasteiger partial charge < -0.3 is 10.4 Å². The number of halogens is 1. The van der Waals surface area contributed by atoms with Crippen molar-refractivity contribution in [2.45, 2.75) is 31.3 Å². The number of carbonyl (C=O) groups is 1. The van der Waals surface area contributed by atoms with Gasteiger partial charge in [0.25, 0.3) is 5.91 Å². The van der Waals surface area contributed by atoms with Gasteiger partial charge in [-0.15, -0.1) is 0 Å². The smallest absolute Gasteiger partial charge is 0.256 e. The largest absolute Gasteiger partial charge is 0.375 e. The molecule has 2 unspecified atom stereocenters. The molecular formula is C19H25ClN2O2. The number of nitrogens with zero attached hydrogens (tertiary/aromatic N) is 1. The maximum atomic E-state index is 13.0. The van der Waals surface area contributed by atoms with Crippen LogP contribution in [-0.4, -0.2) is 35.1 Å². The van der Waals surface area contributed by atoms with Gasteiger partial charge in [0.05, 0.1) is 0 Å². The third kappa shape index (κ3) is 2.75. The lowest BCUT2D eigenvalue weighted by atomic mass is 9.79. The van der Waals surface area contributed by atoms with Crippen LogP contribution in [0.25, 0.3) is 0 Å². The van der Waals surface area contributed by atoms with Crippen LogP contribution < -0.4 is 5.32 Å². The van der Waals surface area contributed by atoms with Gasteiger partial charge in [0.2, 0.25) is 0 Å². The van der Waals surface area contributed by atoms with E-state index < -0.39 is 5.60 Å². The molecule has 1 aromatic carbocycles. The van der Waals surface area contributed by atoms with Crippen molar-refractivity contribution in [3.05, 3.63) is 35.9 Å². The Morgan fingerprint density at radius 3 is 2.46 bits per heavy atom. The highest BCUT2D eigenvalue weighted by Crippen LogP contribution is 2.51. The quantitative estimate of drug-likeness (QED) is 0.804. The number of carbonyl (C=O) groups excluding carboxylic acids is 1. The standard InChI is InChI=1S/C19H25ClN2O2/c20-22-11-16-15(17(16)12-22)10-21-18(23)19(24,14-8-4-5-9-14)13-6-2-1-3-7-13/h1-3,6-7,14-17,24H,4-5,8-12H2,(H,21,23)/t15-,16-,17?,19?/m1/s1. The van der Waals surface area contributed by atoms with Gasteiger partial charge in [-0.05, 0) is 47.9 Å². The summed E-state index contributed by atoms with van der Waals surface area (Å²) in [6.45, 7) is 2.48. The number of benzene rings is 1. The van der Waals surface area contributed by atoms with Crippen molar-refractivity contribution in [3.63, 3.8) is 0 Å². The van der Waals surface area contributed by atoms with E-state index in [1.807, 2.05) is 34.8 Å². The first-order chi connectivity index (χ1) is 11.6. The molecule has 4 atom stereocenters. The topological polar surface area (TPSA) is 52.6 Å². The van der Waals surface area contributed by atoms with E-state index in [1.54, 1.807) is 0 Å². The van der Waals surface area contributed by atoms with Crippen molar-refractivity contribution in [2.75, 3.05) is 19.6 Å². The first-order valence-electron chi connectivity index (χ1n) is 9.07. The summed E-state index contributed by atoms with van der Waals surface area (Å²) in [5, 5.41) is 14.4. The summed E-state index contributed by atoms with van der Waals surface area (Å²) in [4.78, 5) is 13.0. The molecule has 1 amide bonds. The maximum Gasteiger partial charge on any atom is 0.256 e. The Balaban J connectivity index is 1.46. The predicted octanol–water partition coefficient (Wildman–Crippen LogP) is 2.51. The molecule has 0 spiro atoms. The summed E-state index contributed by atoms with van der Waals surface area (Å²) in [5.41, 5.74) is -0.683.